The number of benzene rings is 1. The molecule has 2 aliphatic rings. The van der Waals surface area contributed by atoms with Crippen LogP contribution < -0.4 is 14.8 Å². The van der Waals surface area contributed by atoms with Crippen LogP contribution >= 0.6 is 0 Å². The molecule has 1 saturated carbocycles. The van der Waals surface area contributed by atoms with E-state index in [2.05, 4.69) is 5.32 Å². The van der Waals surface area contributed by atoms with Crippen LogP contribution in [0.25, 0.3) is 10.9 Å². The van der Waals surface area contributed by atoms with Crippen LogP contribution in [0.1, 0.15) is 62.9 Å². The van der Waals surface area contributed by atoms with E-state index in [9.17, 15) is 9.59 Å². The van der Waals surface area contributed by atoms with E-state index in [0.29, 0.717) is 30.3 Å². The molecule has 168 valence electrons. The molecule has 1 aliphatic heterocycles. The number of nitrogens with one attached hydrogen (secondary N) is 1. The van der Waals surface area contributed by atoms with Crippen LogP contribution in [0.3, 0.4) is 0 Å². The molecule has 0 spiro atoms. The predicted octanol–water partition coefficient (Wildman–Crippen LogP) is 3.73. The van der Waals surface area contributed by atoms with E-state index in [1.807, 2.05) is 36.6 Å². The third kappa shape index (κ3) is 3.54. The second kappa shape index (κ2) is 8.44. The lowest BCUT2D eigenvalue weighted by Crippen LogP contribution is -2.65. The number of hydrogen-bond acceptors (Lipinski definition) is 4. The number of ether oxygens (including phenoxy) is 2. The van der Waals surface area contributed by atoms with Crippen molar-refractivity contribution in [3.8, 4) is 11.5 Å². The Morgan fingerprint density at radius 3 is 2.48 bits per heavy atom. The van der Waals surface area contributed by atoms with Gasteiger partial charge in [0.25, 0.3) is 5.91 Å². The van der Waals surface area contributed by atoms with Crippen LogP contribution in [0.15, 0.2) is 18.2 Å². The SMILES string of the molecule is CCCN1C(=O)c2cc3c(OC)ccc(OC)c3n2CC1(C)C(=O)NC1CCCCC1. The number of aromatic nitrogens is 1. The highest BCUT2D eigenvalue weighted by Gasteiger charge is 2.48. The second-order valence-corrected chi connectivity index (χ2v) is 8.89. The zero-order valence-electron chi connectivity index (χ0n) is 19.0. The normalized spacial score (nSPS) is 21.8. The Kier molecular flexibility index (Phi) is 5.86. The van der Waals surface area contributed by atoms with Crippen LogP contribution in [-0.2, 0) is 11.3 Å². The average Bonchev–Trinajstić information content (AvgIpc) is 3.16. The predicted molar refractivity (Wildman–Crippen MR) is 120 cm³/mol. The molecular formula is C24H33N3O4. The molecular weight excluding hydrogens is 394 g/mol. The molecule has 1 fully saturated rings. The molecule has 0 radical (unpaired) electrons. The maximum absolute atomic E-state index is 13.6. The molecule has 1 aliphatic carbocycles. The van der Waals surface area contributed by atoms with Gasteiger partial charge in [0.05, 0.1) is 26.3 Å². The zero-order valence-corrected chi connectivity index (χ0v) is 19.0. The maximum atomic E-state index is 13.6. The minimum atomic E-state index is -0.975. The van der Waals surface area contributed by atoms with Gasteiger partial charge in [-0.15, -0.1) is 0 Å². The lowest BCUT2D eigenvalue weighted by molar-refractivity contribution is -0.133. The molecule has 7 nitrogen and oxygen atoms in total. The van der Waals surface area contributed by atoms with Crippen LogP contribution in [0.4, 0.5) is 0 Å². The first-order chi connectivity index (χ1) is 14.9. The number of nitrogens with zero attached hydrogens (tertiary/aromatic N) is 2. The fraction of sp³-hybridized carbons (Fsp3) is 0.583. The van der Waals surface area contributed by atoms with E-state index in [-0.39, 0.29) is 17.9 Å². The first-order valence-electron chi connectivity index (χ1n) is 11.3. The Labute approximate surface area is 183 Å². The van der Waals surface area contributed by atoms with Crippen LogP contribution in [0.5, 0.6) is 11.5 Å². The summed E-state index contributed by atoms with van der Waals surface area (Å²) in [5, 5.41) is 4.08. The van der Waals surface area contributed by atoms with Crippen molar-refractivity contribution in [2.75, 3.05) is 20.8 Å². The van der Waals surface area contributed by atoms with E-state index in [1.165, 1.54) is 6.42 Å². The number of carbonyl (C=O) groups excluding carboxylic acids is 2. The molecule has 4 rings (SSSR count). The summed E-state index contributed by atoms with van der Waals surface area (Å²) in [6.07, 6.45) is 6.30. The summed E-state index contributed by atoms with van der Waals surface area (Å²) < 4.78 is 13.1. The van der Waals surface area contributed by atoms with Gasteiger partial charge in [-0.2, -0.15) is 0 Å². The Morgan fingerprint density at radius 2 is 1.84 bits per heavy atom. The molecule has 2 aromatic rings. The quantitative estimate of drug-likeness (QED) is 0.762. The smallest absolute Gasteiger partial charge is 0.271 e. The maximum Gasteiger partial charge on any atom is 0.271 e. The van der Waals surface area contributed by atoms with Gasteiger partial charge < -0.3 is 24.3 Å². The fourth-order valence-corrected chi connectivity index (χ4v) is 5.12. The number of carbonyl (C=O) groups is 2. The standard InChI is InChI=1S/C24H33N3O4/c1-5-13-27-22(28)18-14-17-19(30-3)11-12-20(31-4)21(17)26(18)15-24(27,2)23(29)25-16-9-7-6-8-10-16/h11-12,14,16H,5-10,13,15H2,1-4H3,(H,25,29). The minimum absolute atomic E-state index is 0.0736. The number of methoxy groups -OCH3 is 2. The summed E-state index contributed by atoms with van der Waals surface area (Å²) in [5.41, 5.74) is 0.379. The van der Waals surface area contributed by atoms with Crippen molar-refractivity contribution in [2.24, 2.45) is 0 Å². The highest BCUT2D eigenvalue weighted by atomic mass is 16.5. The molecule has 0 bridgehead atoms. The lowest BCUT2D eigenvalue weighted by atomic mass is 9.91. The number of hydrogen-bond donors (Lipinski definition) is 1. The van der Waals surface area contributed by atoms with Crippen molar-refractivity contribution in [3.63, 3.8) is 0 Å². The van der Waals surface area contributed by atoms with E-state index in [0.717, 1.165) is 43.0 Å². The van der Waals surface area contributed by atoms with E-state index < -0.39 is 5.54 Å². The highest BCUT2D eigenvalue weighted by molar-refractivity contribution is 6.05. The summed E-state index contributed by atoms with van der Waals surface area (Å²) in [7, 11) is 3.23. The van der Waals surface area contributed by atoms with Crippen molar-refractivity contribution in [3.05, 3.63) is 23.9 Å². The average molecular weight is 428 g/mol. The molecule has 1 atom stereocenters. The Morgan fingerprint density at radius 1 is 1.16 bits per heavy atom. The van der Waals surface area contributed by atoms with Crippen molar-refractivity contribution >= 4 is 22.7 Å². The molecule has 7 heteroatoms. The molecule has 1 unspecified atom stereocenters. The minimum Gasteiger partial charge on any atom is -0.496 e. The van der Waals surface area contributed by atoms with Gasteiger partial charge in [0.2, 0.25) is 5.91 Å². The first-order valence-corrected chi connectivity index (χ1v) is 11.3. The van der Waals surface area contributed by atoms with E-state index in [1.54, 1.807) is 19.1 Å². The van der Waals surface area contributed by atoms with Gasteiger partial charge >= 0.3 is 0 Å². The molecule has 2 heterocycles. The second-order valence-electron chi connectivity index (χ2n) is 8.89. The zero-order chi connectivity index (χ0) is 22.2. The Balaban J connectivity index is 1.80. The van der Waals surface area contributed by atoms with Crippen LogP contribution in [0, 0.1) is 0 Å². The topological polar surface area (TPSA) is 72.8 Å². The Bertz CT molecular complexity index is 992. The third-order valence-electron chi connectivity index (χ3n) is 6.82. The highest BCUT2D eigenvalue weighted by Crippen LogP contribution is 2.40. The first kappa shape index (κ1) is 21.5. The summed E-state index contributed by atoms with van der Waals surface area (Å²) >= 11 is 0. The monoisotopic (exact) mass is 427 g/mol. The number of amides is 2. The summed E-state index contributed by atoms with van der Waals surface area (Å²) in [5.74, 6) is 1.14. The van der Waals surface area contributed by atoms with Crippen molar-refractivity contribution in [1.29, 1.82) is 0 Å². The van der Waals surface area contributed by atoms with Crippen LogP contribution in [-0.4, -0.2) is 53.6 Å². The summed E-state index contributed by atoms with van der Waals surface area (Å²) in [4.78, 5) is 29.0. The van der Waals surface area contributed by atoms with Gasteiger partial charge in [0.1, 0.15) is 22.7 Å². The van der Waals surface area contributed by atoms with Crippen LogP contribution in [0.2, 0.25) is 0 Å². The number of fused-ring (bicyclic) bond motifs is 3. The largest absolute Gasteiger partial charge is 0.496 e. The van der Waals surface area contributed by atoms with Crippen molar-refractivity contribution < 1.29 is 19.1 Å². The molecule has 1 aromatic carbocycles. The summed E-state index contributed by atoms with van der Waals surface area (Å²) in [6.45, 7) is 4.83. The van der Waals surface area contributed by atoms with Gasteiger partial charge in [0.15, 0.2) is 0 Å². The number of rotatable bonds is 6. The Hall–Kier alpha value is -2.70. The fourth-order valence-electron chi connectivity index (χ4n) is 5.12. The van der Waals surface area contributed by atoms with Gasteiger partial charge in [-0.1, -0.05) is 26.2 Å². The van der Waals surface area contributed by atoms with Gasteiger partial charge in [-0.25, -0.2) is 0 Å². The lowest BCUT2D eigenvalue weighted by Gasteiger charge is -2.44. The molecule has 1 aromatic heterocycles. The van der Waals surface area contributed by atoms with Gasteiger partial charge in [0, 0.05) is 18.0 Å². The van der Waals surface area contributed by atoms with Gasteiger partial charge in [-0.05, 0) is 44.4 Å². The molecule has 0 saturated heterocycles. The molecule has 1 N–H and O–H groups in total. The van der Waals surface area contributed by atoms with E-state index in [4.69, 9.17) is 9.47 Å². The molecule has 31 heavy (non-hydrogen) atoms. The van der Waals surface area contributed by atoms with E-state index >= 15 is 0 Å². The third-order valence-corrected chi connectivity index (χ3v) is 6.82. The van der Waals surface area contributed by atoms with Gasteiger partial charge in [-0.3, -0.25) is 9.59 Å². The van der Waals surface area contributed by atoms with Crippen molar-refractivity contribution in [1.82, 2.24) is 14.8 Å². The summed E-state index contributed by atoms with van der Waals surface area (Å²) in [6, 6.07) is 5.74. The van der Waals surface area contributed by atoms with Crippen molar-refractivity contribution in [2.45, 2.75) is 70.5 Å². The molecule has 2 amide bonds.